The number of amides is 2. The molecule has 0 bridgehead atoms. The Labute approximate surface area is 166 Å². The van der Waals surface area contributed by atoms with Gasteiger partial charge in [-0.2, -0.15) is 0 Å². The molecule has 0 radical (unpaired) electrons. The molecule has 29 heavy (non-hydrogen) atoms. The molecule has 2 aromatic rings. The maximum atomic E-state index is 11.8. The highest BCUT2D eigenvalue weighted by Crippen LogP contribution is 2.16. The Bertz CT molecular complexity index is 880. The average Bonchev–Trinajstić information content (AvgIpc) is 2.71. The molecule has 0 saturated heterocycles. The first-order chi connectivity index (χ1) is 13.9. The first-order valence-corrected chi connectivity index (χ1v) is 8.51. The van der Waals surface area contributed by atoms with E-state index in [-0.39, 0.29) is 18.5 Å². The predicted octanol–water partition coefficient (Wildman–Crippen LogP) is 2.50. The van der Waals surface area contributed by atoms with Crippen LogP contribution in [0.2, 0.25) is 0 Å². The number of non-ortho nitro benzene ring substituents is 1. The van der Waals surface area contributed by atoms with E-state index in [4.69, 9.17) is 9.47 Å². The first-order valence-electron chi connectivity index (χ1n) is 8.51. The van der Waals surface area contributed by atoms with E-state index in [2.05, 4.69) is 10.6 Å². The third-order valence-corrected chi connectivity index (χ3v) is 3.66. The molecule has 10 nitrogen and oxygen atoms in total. The summed E-state index contributed by atoms with van der Waals surface area (Å²) < 4.78 is 9.84. The summed E-state index contributed by atoms with van der Waals surface area (Å²) in [6.45, 7) is -0.477. The Kier molecular flexibility index (Phi) is 7.66. The molecule has 0 atom stereocenters. The minimum Gasteiger partial charge on any atom is -0.497 e. The van der Waals surface area contributed by atoms with Crippen molar-refractivity contribution >= 4 is 34.8 Å². The number of carbonyl (C=O) groups is 3. The molecule has 2 N–H and O–H groups in total. The molecule has 0 saturated carbocycles. The second-order valence-corrected chi connectivity index (χ2v) is 5.79. The van der Waals surface area contributed by atoms with E-state index in [1.54, 1.807) is 24.3 Å². The molecule has 0 unspecified atom stereocenters. The van der Waals surface area contributed by atoms with Crippen molar-refractivity contribution in [3.63, 3.8) is 0 Å². The Morgan fingerprint density at radius 2 is 1.45 bits per heavy atom. The van der Waals surface area contributed by atoms with Crippen LogP contribution in [-0.4, -0.2) is 36.4 Å². The van der Waals surface area contributed by atoms with Gasteiger partial charge in [-0.15, -0.1) is 0 Å². The van der Waals surface area contributed by atoms with E-state index < -0.39 is 29.3 Å². The lowest BCUT2D eigenvalue weighted by Gasteiger charge is -2.08. The number of carbonyl (C=O) groups excluding carboxylic acids is 3. The number of ether oxygens (including phenoxy) is 2. The normalized spacial score (nSPS) is 9.97. The van der Waals surface area contributed by atoms with Crippen molar-refractivity contribution in [1.82, 2.24) is 0 Å². The maximum Gasteiger partial charge on any atom is 0.306 e. The van der Waals surface area contributed by atoms with Crippen molar-refractivity contribution in [2.24, 2.45) is 0 Å². The zero-order chi connectivity index (χ0) is 21.2. The largest absolute Gasteiger partial charge is 0.497 e. The summed E-state index contributed by atoms with van der Waals surface area (Å²) in [5.74, 6) is -1.03. The molecule has 0 heterocycles. The quantitative estimate of drug-likeness (QED) is 0.374. The van der Waals surface area contributed by atoms with Gasteiger partial charge in [0.15, 0.2) is 6.61 Å². The Morgan fingerprint density at radius 3 is 2.00 bits per heavy atom. The summed E-state index contributed by atoms with van der Waals surface area (Å²) in [6, 6.07) is 11.9. The maximum absolute atomic E-state index is 11.8. The SMILES string of the molecule is COc1ccc(NC(=O)COC(=O)CCC(=O)Nc2ccc([N+](=O)[O-])cc2)cc1. The number of anilines is 2. The lowest BCUT2D eigenvalue weighted by molar-refractivity contribution is -0.384. The van der Waals surface area contributed by atoms with Gasteiger partial charge >= 0.3 is 5.97 Å². The van der Waals surface area contributed by atoms with Gasteiger partial charge in [-0.05, 0) is 36.4 Å². The fourth-order valence-corrected chi connectivity index (χ4v) is 2.20. The van der Waals surface area contributed by atoms with E-state index in [0.29, 0.717) is 17.1 Å². The summed E-state index contributed by atoms with van der Waals surface area (Å²) in [6.07, 6.45) is -0.370. The second-order valence-electron chi connectivity index (χ2n) is 5.79. The molecule has 2 amide bonds. The van der Waals surface area contributed by atoms with Crippen LogP contribution < -0.4 is 15.4 Å². The first kappa shape index (κ1) is 21.4. The third-order valence-electron chi connectivity index (χ3n) is 3.66. The molecule has 0 aromatic heterocycles. The molecule has 2 aromatic carbocycles. The zero-order valence-corrected chi connectivity index (χ0v) is 15.5. The molecule has 0 fully saturated rings. The van der Waals surface area contributed by atoms with Crippen LogP contribution in [0.3, 0.4) is 0 Å². The van der Waals surface area contributed by atoms with Crippen molar-refractivity contribution in [2.75, 3.05) is 24.4 Å². The van der Waals surface area contributed by atoms with E-state index in [0.717, 1.165) is 0 Å². The lowest BCUT2D eigenvalue weighted by atomic mass is 10.2. The number of nitro benzene ring substituents is 1. The molecule has 0 spiro atoms. The Balaban J connectivity index is 1.68. The van der Waals surface area contributed by atoms with Crippen LogP contribution in [0, 0.1) is 10.1 Å². The Hall–Kier alpha value is -3.95. The van der Waals surface area contributed by atoms with E-state index in [1.807, 2.05) is 0 Å². The minimum absolute atomic E-state index is 0.0977. The lowest BCUT2D eigenvalue weighted by Crippen LogP contribution is -2.21. The minimum atomic E-state index is -0.700. The molecular formula is C19H19N3O7. The summed E-state index contributed by atoms with van der Waals surface area (Å²) in [5.41, 5.74) is 0.793. The smallest absolute Gasteiger partial charge is 0.306 e. The highest BCUT2D eigenvalue weighted by Gasteiger charge is 2.12. The van der Waals surface area contributed by atoms with Crippen molar-refractivity contribution in [3.8, 4) is 5.75 Å². The molecule has 2 rings (SSSR count). The van der Waals surface area contributed by atoms with Crippen molar-refractivity contribution in [2.45, 2.75) is 12.8 Å². The predicted molar refractivity (Wildman–Crippen MR) is 104 cm³/mol. The van der Waals surface area contributed by atoms with Crippen LogP contribution in [0.4, 0.5) is 17.1 Å². The van der Waals surface area contributed by atoms with Crippen LogP contribution in [0.15, 0.2) is 48.5 Å². The number of nitrogens with one attached hydrogen (secondary N) is 2. The number of nitrogens with zero attached hydrogens (tertiary/aromatic N) is 1. The number of esters is 1. The topological polar surface area (TPSA) is 137 Å². The van der Waals surface area contributed by atoms with Crippen LogP contribution in [0.1, 0.15) is 12.8 Å². The van der Waals surface area contributed by atoms with Crippen molar-refractivity contribution in [1.29, 1.82) is 0 Å². The Morgan fingerprint density at radius 1 is 0.897 bits per heavy atom. The zero-order valence-electron chi connectivity index (χ0n) is 15.5. The number of hydrogen-bond acceptors (Lipinski definition) is 7. The van der Waals surface area contributed by atoms with Gasteiger partial charge in [0.25, 0.3) is 11.6 Å². The summed E-state index contributed by atoms with van der Waals surface area (Å²) in [5, 5.41) is 15.7. The number of rotatable bonds is 9. The van der Waals surface area contributed by atoms with E-state index >= 15 is 0 Å². The van der Waals surface area contributed by atoms with Gasteiger partial charge in [-0.3, -0.25) is 24.5 Å². The van der Waals surface area contributed by atoms with Crippen LogP contribution >= 0.6 is 0 Å². The number of methoxy groups -OCH3 is 1. The standard InChI is InChI=1S/C19H19N3O7/c1-28-16-8-4-14(5-9-16)21-18(24)12-29-19(25)11-10-17(23)20-13-2-6-15(7-3-13)22(26)27/h2-9H,10-12H2,1H3,(H,20,23)(H,21,24). The van der Waals surface area contributed by atoms with Gasteiger partial charge in [0.1, 0.15) is 5.75 Å². The van der Waals surface area contributed by atoms with Gasteiger partial charge in [-0.25, -0.2) is 0 Å². The summed E-state index contributed by atoms with van der Waals surface area (Å²) >= 11 is 0. The van der Waals surface area contributed by atoms with Gasteiger partial charge < -0.3 is 20.1 Å². The van der Waals surface area contributed by atoms with Gasteiger partial charge in [0.2, 0.25) is 5.91 Å². The highest BCUT2D eigenvalue weighted by atomic mass is 16.6. The highest BCUT2D eigenvalue weighted by molar-refractivity contribution is 5.94. The molecule has 152 valence electrons. The van der Waals surface area contributed by atoms with E-state index in [1.165, 1.54) is 31.4 Å². The molecule has 0 aliphatic carbocycles. The van der Waals surface area contributed by atoms with Crippen LogP contribution in [0.25, 0.3) is 0 Å². The third kappa shape index (κ3) is 7.29. The van der Waals surface area contributed by atoms with Crippen molar-refractivity contribution < 1.29 is 28.8 Å². The van der Waals surface area contributed by atoms with Gasteiger partial charge in [0, 0.05) is 29.9 Å². The fraction of sp³-hybridized carbons (Fsp3) is 0.211. The van der Waals surface area contributed by atoms with Crippen LogP contribution in [0.5, 0.6) is 5.75 Å². The summed E-state index contributed by atoms with van der Waals surface area (Å²) in [7, 11) is 1.53. The second kappa shape index (κ2) is 10.4. The monoisotopic (exact) mass is 401 g/mol. The number of hydrogen-bond donors (Lipinski definition) is 2. The van der Waals surface area contributed by atoms with Gasteiger partial charge in [0.05, 0.1) is 18.5 Å². The van der Waals surface area contributed by atoms with Crippen LogP contribution in [-0.2, 0) is 19.1 Å². The van der Waals surface area contributed by atoms with Gasteiger partial charge in [-0.1, -0.05) is 0 Å². The molecule has 0 aliphatic heterocycles. The fourth-order valence-electron chi connectivity index (χ4n) is 2.20. The number of benzene rings is 2. The molecule has 10 heteroatoms. The van der Waals surface area contributed by atoms with Crippen molar-refractivity contribution in [3.05, 3.63) is 58.6 Å². The van der Waals surface area contributed by atoms with E-state index in [9.17, 15) is 24.5 Å². The molecular weight excluding hydrogens is 382 g/mol. The molecule has 0 aliphatic rings. The summed E-state index contributed by atoms with van der Waals surface area (Å²) in [4.78, 5) is 45.3. The number of nitro groups is 1. The average molecular weight is 401 g/mol.